The fourth-order valence-corrected chi connectivity index (χ4v) is 3.68. The summed E-state index contributed by atoms with van der Waals surface area (Å²) in [6.45, 7) is 7.68. The minimum Gasteiger partial charge on any atom is -0.486 e. The topological polar surface area (TPSA) is 78.9 Å². The first-order valence-corrected chi connectivity index (χ1v) is 8.94. The molecule has 6 nitrogen and oxygen atoms in total. The molecule has 0 heterocycles. The highest BCUT2D eigenvalue weighted by Gasteiger charge is 2.26. The fourth-order valence-electron chi connectivity index (χ4n) is 2.01. The van der Waals surface area contributed by atoms with E-state index in [1.54, 1.807) is 27.7 Å². The lowest BCUT2D eigenvalue weighted by molar-refractivity contribution is 0.219. The molecule has 0 amide bonds. The lowest BCUT2D eigenvalue weighted by Crippen LogP contribution is -2.38. The summed E-state index contributed by atoms with van der Waals surface area (Å²) >= 11 is 0. The first-order chi connectivity index (χ1) is 9.84. The zero-order chi connectivity index (χ0) is 16.0. The third-order valence-corrected chi connectivity index (χ3v) is 4.99. The quantitative estimate of drug-likeness (QED) is 0.486. The van der Waals surface area contributed by atoms with Gasteiger partial charge in [-0.1, -0.05) is 0 Å². The molecule has 0 bridgehead atoms. The first-order valence-electron chi connectivity index (χ1n) is 7.21. The zero-order valence-electron chi connectivity index (χ0n) is 13.0. The Kier molecular flexibility index (Phi) is 6.78. The second kappa shape index (κ2) is 7.87. The molecule has 0 aromatic heterocycles. The lowest BCUT2D eigenvalue weighted by atomic mass is 10.0. The van der Waals surface area contributed by atoms with Gasteiger partial charge in [0.15, 0.2) is 5.75 Å². The van der Waals surface area contributed by atoms with E-state index in [2.05, 4.69) is 0 Å². The van der Waals surface area contributed by atoms with Crippen LogP contribution >= 0.6 is 7.60 Å². The second-order valence-corrected chi connectivity index (χ2v) is 7.09. The Morgan fingerprint density at radius 2 is 1.62 bits per heavy atom. The average Bonchev–Trinajstić information content (AvgIpc) is 2.41. The monoisotopic (exact) mass is 318 g/mol. The molecule has 0 N–H and O–H groups in total. The smallest absolute Gasteiger partial charge is 0.330 e. The van der Waals surface area contributed by atoms with Crippen LogP contribution in [0, 0.1) is 0 Å². The predicted molar refractivity (Wildman–Crippen MR) is 81.2 cm³/mol. The Morgan fingerprint density at radius 3 is 2.10 bits per heavy atom. The Morgan fingerprint density at radius 1 is 1.05 bits per heavy atom. The minimum atomic E-state index is -3.10. The van der Waals surface area contributed by atoms with E-state index in [9.17, 15) is 14.2 Å². The van der Waals surface area contributed by atoms with Crippen molar-refractivity contribution in [2.24, 2.45) is 0 Å². The highest BCUT2D eigenvalue weighted by Crippen LogP contribution is 2.48. The molecule has 0 aliphatic heterocycles. The van der Waals surface area contributed by atoms with Crippen molar-refractivity contribution in [1.29, 1.82) is 0 Å². The number of ether oxygens (including phenoxy) is 1. The van der Waals surface area contributed by atoms with Gasteiger partial charge in [-0.3, -0.25) is 14.2 Å². The molecular weight excluding hydrogens is 295 g/mol. The molecule has 0 atom stereocenters. The van der Waals surface area contributed by atoms with Crippen LogP contribution in [0.25, 0.3) is 0 Å². The van der Waals surface area contributed by atoms with Gasteiger partial charge >= 0.3 is 7.60 Å². The van der Waals surface area contributed by atoms with Crippen molar-refractivity contribution in [3.63, 3.8) is 0 Å². The van der Waals surface area contributed by atoms with E-state index in [0.29, 0.717) is 31.6 Å². The van der Waals surface area contributed by atoms with Crippen LogP contribution in [0.5, 0.6) is 5.75 Å². The Hall–Kier alpha value is -0.970. The molecule has 1 aromatic rings. The zero-order valence-corrected chi connectivity index (χ0v) is 13.9. The van der Waals surface area contributed by atoms with E-state index in [-0.39, 0.29) is 18.0 Å². The van der Waals surface area contributed by atoms with Gasteiger partial charge in [-0.25, -0.2) is 0 Å². The van der Waals surface area contributed by atoms with Crippen LogP contribution in [0.1, 0.15) is 39.7 Å². The summed E-state index contributed by atoms with van der Waals surface area (Å²) in [6.07, 6.45) is 0.840. The van der Waals surface area contributed by atoms with Crippen LogP contribution in [0.15, 0.2) is 9.59 Å². The van der Waals surface area contributed by atoms with Crippen LogP contribution < -0.4 is 15.6 Å². The molecule has 1 rings (SSSR count). The van der Waals surface area contributed by atoms with Gasteiger partial charge in [0.05, 0.1) is 31.0 Å². The van der Waals surface area contributed by atoms with Gasteiger partial charge < -0.3 is 13.8 Å². The van der Waals surface area contributed by atoms with E-state index < -0.39 is 18.5 Å². The van der Waals surface area contributed by atoms with Crippen LogP contribution in [-0.4, -0.2) is 25.5 Å². The van der Waals surface area contributed by atoms with Crippen molar-refractivity contribution >= 4 is 7.60 Å². The summed E-state index contributed by atoms with van der Waals surface area (Å²) in [5.41, 5.74) is -0.696. The second-order valence-electron chi connectivity index (χ2n) is 4.91. The van der Waals surface area contributed by atoms with E-state index in [0.717, 1.165) is 0 Å². The fraction of sp³-hybridized carbons (Fsp3) is 0.714. The van der Waals surface area contributed by atoms with Crippen molar-refractivity contribution in [3.05, 3.63) is 26.0 Å². The van der Waals surface area contributed by atoms with Gasteiger partial charge in [-0.2, -0.15) is 0 Å². The standard InChI is InChI=1S/C14H23O6P/c1-5-18-21(17,19-6-2)9-7-8-11-12(15)13(16)14(11)20-10(3)4/h10H,5-9H2,1-4H3. The summed E-state index contributed by atoms with van der Waals surface area (Å²) < 4.78 is 28.0. The summed E-state index contributed by atoms with van der Waals surface area (Å²) in [4.78, 5) is 23.0. The molecular formula is C14H23O6P. The van der Waals surface area contributed by atoms with Crippen molar-refractivity contribution < 1.29 is 18.3 Å². The van der Waals surface area contributed by atoms with Gasteiger partial charge in [0.1, 0.15) is 0 Å². The van der Waals surface area contributed by atoms with Crippen molar-refractivity contribution in [3.8, 4) is 5.75 Å². The first kappa shape index (κ1) is 18.1. The van der Waals surface area contributed by atoms with Crippen LogP contribution in [0.4, 0.5) is 0 Å². The van der Waals surface area contributed by atoms with Crippen LogP contribution in [0.3, 0.4) is 0 Å². The maximum absolute atomic E-state index is 12.3. The molecule has 0 fully saturated rings. The SMILES string of the molecule is CCOP(=O)(CCCc1c(OC(C)C)c(=O)c1=O)OCC. The van der Waals surface area contributed by atoms with Crippen molar-refractivity contribution in [2.45, 2.75) is 46.6 Å². The number of rotatable bonds is 10. The van der Waals surface area contributed by atoms with Gasteiger partial charge in [0, 0.05) is 0 Å². The lowest BCUT2D eigenvalue weighted by Gasteiger charge is -2.18. The van der Waals surface area contributed by atoms with Gasteiger partial charge in [-0.15, -0.1) is 0 Å². The predicted octanol–water partition coefficient (Wildman–Crippen LogP) is 2.27. The highest BCUT2D eigenvalue weighted by molar-refractivity contribution is 7.53. The van der Waals surface area contributed by atoms with Gasteiger partial charge in [-0.05, 0) is 40.5 Å². The number of hydrogen-bond acceptors (Lipinski definition) is 6. The number of hydrogen-bond donors (Lipinski definition) is 0. The summed E-state index contributed by atoms with van der Waals surface area (Å²) in [5.74, 6) is 0.151. The summed E-state index contributed by atoms with van der Waals surface area (Å²) in [7, 11) is -3.10. The summed E-state index contributed by atoms with van der Waals surface area (Å²) in [5, 5.41) is 0. The molecule has 0 spiro atoms. The van der Waals surface area contributed by atoms with E-state index in [1.165, 1.54) is 0 Å². The van der Waals surface area contributed by atoms with E-state index in [4.69, 9.17) is 13.8 Å². The Labute approximate surface area is 124 Å². The molecule has 7 heteroatoms. The molecule has 0 saturated carbocycles. The third-order valence-electron chi connectivity index (χ3n) is 2.82. The molecule has 21 heavy (non-hydrogen) atoms. The Bertz CT molecular complexity index is 560. The van der Waals surface area contributed by atoms with E-state index in [1.807, 2.05) is 0 Å². The molecule has 0 saturated heterocycles. The highest BCUT2D eigenvalue weighted by atomic mass is 31.2. The van der Waals surface area contributed by atoms with Crippen molar-refractivity contribution in [1.82, 2.24) is 0 Å². The van der Waals surface area contributed by atoms with Crippen molar-refractivity contribution in [2.75, 3.05) is 19.4 Å². The molecule has 0 aliphatic carbocycles. The molecule has 0 aliphatic rings. The third kappa shape index (κ3) is 4.77. The maximum Gasteiger partial charge on any atom is 0.330 e. The maximum atomic E-state index is 12.3. The van der Waals surface area contributed by atoms with Crippen LogP contribution in [0.2, 0.25) is 0 Å². The normalized spacial score (nSPS) is 12.2. The van der Waals surface area contributed by atoms with Gasteiger partial charge in [0.2, 0.25) is 5.43 Å². The van der Waals surface area contributed by atoms with E-state index >= 15 is 0 Å². The molecule has 1 aromatic carbocycles. The molecule has 0 unspecified atom stereocenters. The summed E-state index contributed by atoms with van der Waals surface area (Å²) in [6, 6.07) is 0. The van der Waals surface area contributed by atoms with Gasteiger partial charge in [0.25, 0.3) is 5.43 Å². The largest absolute Gasteiger partial charge is 0.486 e. The van der Waals surface area contributed by atoms with Crippen LogP contribution in [-0.2, 0) is 20.0 Å². The molecule has 120 valence electrons. The minimum absolute atomic E-state index is 0.151. The average molecular weight is 318 g/mol. The molecule has 0 radical (unpaired) electrons. The Balaban J connectivity index is 2.64.